The van der Waals surface area contributed by atoms with Crippen molar-refractivity contribution in [2.75, 3.05) is 10.2 Å². The molecule has 1 fully saturated rings. The number of carbonyl (C=O) groups is 3. The van der Waals surface area contributed by atoms with Crippen LogP contribution in [0.5, 0.6) is 5.75 Å². The maximum absolute atomic E-state index is 12.8. The van der Waals surface area contributed by atoms with Gasteiger partial charge in [-0.3, -0.25) is 9.59 Å². The van der Waals surface area contributed by atoms with E-state index in [0.717, 1.165) is 29.2 Å². The molecular formula is C18H13F3N2O5. The van der Waals surface area contributed by atoms with Gasteiger partial charge in [-0.25, -0.2) is 9.69 Å². The molecule has 1 saturated heterocycles. The van der Waals surface area contributed by atoms with Gasteiger partial charge in [0.1, 0.15) is 17.4 Å². The number of alkyl halides is 3. The van der Waals surface area contributed by atoms with Gasteiger partial charge in [0.15, 0.2) is 0 Å². The van der Waals surface area contributed by atoms with Crippen molar-refractivity contribution >= 4 is 29.2 Å². The van der Waals surface area contributed by atoms with Gasteiger partial charge < -0.3 is 15.5 Å². The van der Waals surface area contributed by atoms with Gasteiger partial charge in [-0.1, -0.05) is 6.07 Å². The van der Waals surface area contributed by atoms with E-state index in [0.29, 0.717) is 0 Å². The number of nitrogens with one attached hydrogen (secondary N) is 1. The molecule has 1 atom stereocenters. The number of benzene rings is 2. The van der Waals surface area contributed by atoms with Crippen LogP contribution in [-0.2, 0) is 15.8 Å². The Bertz CT molecular complexity index is 974. The van der Waals surface area contributed by atoms with Gasteiger partial charge in [0.2, 0.25) is 5.91 Å². The lowest BCUT2D eigenvalue weighted by molar-refractivity contribution is -0.137. The molecule has 2 aromatic rings. The number of hydrogen-bond acceptors (Lipinski definition) is 5. The molecule has 1 unspecified atom stereocenters. The van der Waals surface area contributed by atoms with E-state index < -0.39 is 46.9 Å². The normalized spacial score (nSPS) is 17.1. The Morgan fingerprint density at radius 2 is 1.86 bits per heavy atom. The van der Waals surface area contributed by atoms with Crippen molar-refractivity contribution in [1.82, 2.24) is 0 Å². The third kappa shape index (κ3) is 3.61. The van der Waals surface area contributed by atoms with Crippen LogP contribution in [0.2, 0.25) is 0 Å². The second-order valence-electron chi connectivity index (χ2n) is 6.05. The summed E-state index contributed by atoms with van der Waals surface area (Å²) in [5.74, 6) is -3.38. The fraction of sp³-hybridized carbons (Fsp3) is 0.167. The first-order valence-corrected chi connectivity index (χ1v) is 7.95. The van der Waals surface area contributed by atoms with Crippen LogP contribution in [0.15, 0.2) is 42.5 Å². The fourth-order valence-electron chi connectivity index (χ4n) is 2.84. The highest BCUT2D eigenvalue weighted by Gasteiger charge is 2.40. The van der Waals surface area contributed by atoms with Crippen molar-refractivity contribution in [2.45, 2.75) is 18.6 Å². The molecule has 10 heteroatoms. The number of hydrogen-bond donors (Lipinski definition) is 3. The average Bonchev–Trinajstić information content (AvgIpc) is 2.88. The van der Waals surface area contributed by atoms with Gasteiger partial charge >= 0.3 is 12.1 Å². The number of anilines is 2. The molecule has 0 saturated carbocycles. The Kier molecular flexibility index (Phi) is 4.72. The number of halogens is 3. The van der Waals surface area contributed by atoms with Crippen molar-refractivity contribution < 1.29 is 37.8 Å². The second kappa shape index (κ2) is 6.87. The molecular weight excluding hydrogens is 381 g/mol. The summed E-state index contributed by atoms with van der Waals surface area (Å²) < 4.78 is 38.4. The van der Waals surface area contributed by atoms with Gasteiger partial charge in [0.05, 0.1) is 17.7 Å². The van der Waals surface area contributed by atoms with E-state index in [2.05, 4.69) is 5.32 Å². The molecule has 1 aliphatic rings. The summed E-state index contributed by atoms with van der Waals surface area (Å²) in [5.41, 5.74) is -1.44. The van der Waals surface area contributed by atoms with Gasteiger partial charge in [-0.2, -0.15) is 13.2 Å². The Balaban J connectivity index is 1.85. The number of aromatic carboxylic acids is 1. The minimum atomic E-state index is -4.56. The van der Waals surface area contributed by atoms with E-state index in [9.17, 15) is 32.7 Å². The van der Waals surface area contributed by atoms with Crippen molar-refractivity contribution in [2.24, 2.45) is 0 Å². The summed E-state index contributed by atoms with van der Waals surface area (Å²) in [7, 11) is 0. The zero-order valence-electron chi connectivity index (χ0n) is 14.0. The number of rotatable bonds is 4. The minimum Gasteiger partial charge on any atom is -0.507 e. The van der Waals surface area contributed by atoms with Crippen molar-refractivity contribution in [3.63, 3.8) is 0 Å². The molecule has 1 heterocycles. The molecule has 0 radical (unpaired) electrons. The standard InChI is InChI=1S/C18H13F3N2O5/c19-18(20,21)9-2-1-3-10(6-9)22-13-8-15(25)23(16(13)26)11-4-5-14(24)12(7-11)17(27)28/h1-7,13,22,24H,8H2,(H,27,28). The Labute approximate surface area is 156 Å². The molecule has 0 aromatic heterocycles. The minimum absolute atomic E-state index is 0.0137. The van der Waals surface area contributed by atoms with Crippen LogP contribution in [0, 0.1) is 0 Å². The van der Waals surface area contributed by atoms with Gasteiger partial charge in [0, 0.05) is 5.69 Å². The monoisotopic (exact) mass is 394 g/mol. The number of aromatic hydroxyl groups is 1. The number of imide groups is 1. The number of nitrogens with zero attached hydrogens (tertiary/aromatic N) is 1. The van der Waals surface area contributed by atoms with Gasteiger partial charge in [-0.15, -0.1) is 0 Å². The van der Waals surface area contributed by atoms with E-state index in [4.69, 9.17) is 5.11 Å². The molecule has 1 aliphatic heterocycles. The number of phenols is 1. The van der Waals surface area contributed by atoms with E-state index in [1.165, 1.54) is 18.2 Å². The molecule has 7 nitrogen and oxygen atoms in total. The van der Waals surface area contributed by atoms with Crippen LogP contribution >= 0.6 is 0 Å². The van der Waals surface area contributed by atoms with Crippen molar-refractivity contribution in [1.29, 1.82) is 0 Å². The zero-order valence-corrected chi connectivity index (χ0v) is 14.0. The Morgan fingerprint density at radius 1 is 1.14 bits per heavy atom. The molecule has 3 N–H and O–H groups in total. The summed E-state index contributed by atoms with van der Waals surface area (Å²) >= 11 is 0. The molecule has 0 bridgehead atoms. The maximum atomic E-state index is 12.8. The first-order valence-electron chi connectivity index (χ1n) is 7.95. The summed E-state index contributed by atoms with van der Waals surface area (Å²) in [6.07, 6.45) is -4.88. The van der Waals surface area contributed by atoms with Gasteiger partial charge in [-0.05, 0) is 36.4 Å². The Morgan fingerprint density at radius 3 is 2.50 bits per heavy atom. The van der Waals surface area contributed by atoms with E-state index in [-0.39, 0.29) is 17.8 Å². The van der Waals surface area contributed by atoms with Crippen LogP contribution in [-0.4, -0.2) is 34.0 Å². The van der Waals surface area contributed by atoms with Crippen molar-refractivity contribution in [3.8, 4) is 5.75 Å². The number of amides is 2. The van der Waals surface area contributed by atoms with Crippen molar-refractivity contribution in [3.05, 3.63) is 53.6 Å². The van der Waals surface area contributed by atoms with Crippen LogP contribution < -0.4 is 10.2 Å². The molecule has 2 amide bonds. The zero-order chi connectivity index (χ0) is 20.6. The molecule has 146 valence electrons. The third-order valence-corrected chi connectivity index (χ3v) is 4.15. The first-order chi connectivity index (χ1) is 13.1. The molecule has 0 aliphatic carbocycles. The second-order valence-corrected chi connectivity index (χ2v) is 6.05. The van der Waals surface area contributed by atoms with Crippen LogP contribution in [0.1, 0.15) is 22.3 Å². The van der Waals surface area contributed by atoms with E-state index in [1.54, 1.807) is 0 Å². The van der Waals surface area contributed by atoms with Gasteiger partial charge in [0.25, 0.3) is 5.91 Å². The SMILES string of the molecule is O=C(O)c1cc(N2C(=O)CC(Nc3cccc(C(F)(F)F)c3)C2=O)ccc1O. The number of carboxylic acids is 1. The topological polar surface area (TPSA) is 107 Å². The maximum Gasteiger partial charge on any atom is 0.416 e. The highest BCUT2D eigenvalue weighted by atomic mass is 19.4. The molecule has 2 aromatic carbocycles. The third-order valence-electron chi connectivity index (χ3n) is 4.15. The Hall–Kier alpha value is -3.56. The lowest BCUT2D eigenvalue weighted by Crippen LogP contribution is -2.35. The fourth-order valence-corrected chi connectivity index (χ4v) is 2.84. The first kappa shape index (κ1) is 19.2. The largest absolute Gasteiger partial charge is 0.507 e. The molecule has 28 heavy (non-hydrogen) atoms. The lowest BCUT2D eigenvalue weighted by Gasteiger charge is -2.17. The molecule has 3 rings (SSSR count). The van der Waals surface area contributed by atoms with Crippen LogP contribution in [0.4, 0.5) is 24.5 Å². The number of carboxylic acid groups (broad SMARTS) is 1. The van der Waals surface area contributed by atoms with Crippen LogP contribution in [0.3, 0.4) is 0 Å². The quantitative estimate of drug-likeness (QED) is 0.689. The predicted molar refractivity (Wildman–Crippen MR) is 91.0 cm³/mol. The highest BCUT2D eigenvalue weighted by Crippen LogP contribution is 2.32. The average molecular weight is 394 g/mol. The van der Waals surface area contributed by atoms with E-state index >= 15 is 0 Å². The van der Waals surface area contributed by atoms with Crippen LogP contribution in [0.25, 0.3) is 0 Å². The predicted octanol–water partition coefficient (Wildman–Crippen LogP) is 2.85. The smallest absolute Gasteiger partial charge is 0.416 e. The lowest BCUT2D eigenvalue weighted by atomic mass is 10.1. The highest BCUT2D eigenvalue weighted by molar-refractivity contribution is 6.23. The van der Waals surface area contributed by atoms with E-state index in [1.807, 2.05) is 0 Å². The summed E-state index contributed by atoms with van der Waals surface area (Å²) in [6, 6.07) is 6.30. The summed E-state index contributed by atoms with van der Waals surface area (Å²) in [4.78, 5) is 36.7. The number of carbonyl (C=O) groups excluding carboxylic acids is 2. The summed E-state index contributed by atoms with van der Waals surface area (Å²) in [6.45, 7) is 0. The molecule has 0 spiro atoms. The summed E-state index contributed by atoms with van der Waals surface area (Å²) in [5, 5.41) is 21.2.